The molecule has 0 spiro atoms. The molecule has 82 valence electrons. The van der Waals surface area contributed by atoms with Gasteiger partial charge in [-0.15, -0.1) is 0 Å². The standard InChI is InChI=1S/C7H6N2O5.H3N/c1-4-2-5(8(11)12)3-6(7(4)10)9(13)14;/h2-3,10H,1H3;1H3/p+1. The summed E-state index contributed by atoms with van der Waals surface area (Å²) in [5, 5.41) is 29.9. The topological polar surface area (TPSA) is 143 Å². The molecule has 0 amide bonds. The lowest BCUT2D eigenvalue weighted by Crippen LogP contribution is -1.94. The van der Waals surface area contributed by atoms with E-state index in [1.54, 1.807) is 0 Å². The van der Waals surface area contributed by atoms with Crippen molar-refractivity contribution in [1.29, 1.82) is 0 Å². The van der Waals surface area contributed by atoms with Gasteiger partial charge < -0.3 is 11.3 Å². The van der Waals surface area contributed by atoms with E-state index < -0.39 is 27.0 Å². The fraction of sp³-hybridized carbons (Fsp3) is 0.143. The Kier molecular flexibility index (Phi) is 3.69. The summed E-state index contributed by atoms with van der Waals surface area (Å²) >= 11 is 0. The second-order valence-electron chi connectivity index (χ2n) is 2.64. The van der Waals surface area contributed by atoms with Gasteiger partial charge in [0, 0.05) is 11.6 Å². The first-order valence-electron chi connectivity index (χ1n) is 3.56. The lowest BCUT2D eigenvalue weighted by Gasteiger charge is -1.99. The highest BCUT2D eigenvalue weighted by molar-refractivity contribution is 5.57. The number of nitro benzene ring substituents is 2. The van der Waals surface area contributed by atoms with Crippen LogP contribution in [0.5, 0.6) is 5.75 Å². The van der Waals surface area contributed by atoms with Crippen LogP contribution >= 0.6 is 0 Å². The van der Waals surface area contributed by atoms with Gasteiger partial charge >= 0.3 is 5.69 Å². The van der Waals surface area contributed by atoms with Crippen molar-refractivity contribution in [2.75, 3.05) is 0 Å². The van der Waals surface area contributed by atoms with Crippen molar-refractivity contribution in [3.8, 4) is 5.75 Å². The number of aromatic hydroxyl groups is 1. The smallest absolute Gasteiger partial charge is 0.317 e. The third-order valence-corrected chi connectivity index (χ3v) is 1.67. The molecule has 0 aromatic heterocycles. The Morgan fingerprint density at radius 1 is 1.20 bits per heavy atom. The lowest BCUT2D eigenvalue weighted by molar-refractivity contribution is -0.394. The lowest BCUT2D eigenvalue weighted by atomic mass is 10.1. The van der Waals surface area contributed by atoms with Gasteiger partial charge in [0.1, 0.15) is 0 Å². The van der Waals surface area contributed by atoms with Gasteiger partial charge in [0.25, 0.3) is 5.69 Å². The van der Waals surface area contributed by atoms with Crippen LogP contribution < -0.4 is 6.15 Å². The van der Waals surface area contributed by atoms with Gasteiger partial charge in [-0.2, -0.15) is 0 Å². The molecule has 15 heavy (non-hydrogen) atoms. The number of hydrogen-bond donors (Lipinski definition) is 2. The minimum Gasteiger partial charge on any atom is -0.502 e. The second kappa shape index (κ2) is 4.33. The zero-order valence-corrected chi connectivity index (χ0v) is 8.13. The molecule has 0 bridgehead atoms. The van der Waals surface area contributed by atoms with E-state index in [0.717, 1.165) is 12.1 Å². The zero-order valence-electron chi connectivity index (χ0n) is 8.13. The number of phenolic OH excluding ortho intramolecular Hbond substituents is 1. The van der Waals surface area contributed by atoms with E-state index in [4.69, 9.17) is 0 Å². The summed E-state index contributed by atoms with van der Waals surface area (Å²) in [4.78, 5) is 19.1. The van der Waals surface area contributed by atoms with Crippen LogP contribution in [-0.2, 0) is 0 Å². The van der Waals surface area contributed by atoms with Crippen LogP contribution in [0, 0.1) is 27.2 Å². The summed E-state index contributed by atoms with van der Waals surface area (Å²) in [6.45, 7) is 1.36. The summed E-state index contributed by atoms with van der Waals surface area (Å²) in [6, 6.07) is 1.80. The van der Waals surface area contributed by atoms with Gasteiger partial charge in [0.05, 0.1) is 15.9 Å². The van der Waals surface area contributed by atoms with E-state index in [-0.39, 0.29) is 11.7 Å². The molecular weight excluding hydrogens is 206 g/mol. The maximum absolute atomic E-state index is 10.4. The van der Waals surface area contributed by atoms with Crippen LogP contribution in [0.3, 0.4) is 0 Å². The maximum Gasteiger partial charge on any atom is 0.317 e. The number of nitro groups is 2. The molecular formula is C7H10N3O5+. The Balaban J connectivity index is 0.00000196. The van der Waals surface area contributed by atoms with Gasteiger partial charge in [0.2, 0.25) is 0 Å². The molecule has 0 heterocycles. The Labute approximate surface area is 84.0 Å². The Morgan fingerprint density at radius 3 is 2.13 bits per heavy atom. The van der Waals surface area contributed by atoms with Gasteiger partial charge in [-0.05, 0) is 6.92 Å². The molecule has 5 N–H and O–H groups in total. The van der Waals surface area contributed by atoms with Crippen molar-refractivity contribution in [3.05, 3.63) is 37.9 Å². The third kappa shape index (κ3) is 2.38. The molecule has 0 saturated carbocycles. The van der Waals surface area contributed by atoms with Crippen molar-refractivity contribution < 1.29 is 15.0 Å². The predicted octanol–water partition coefficient (Wildman–Crippen LogP) is 1.89. The Bertz CT molecular complexity index is 417. The molecule has 0 atom stereocenters. The Hall–Kier alpha value is -2.22. The zero-order chi connectivity index (χ0) is 10.9. The highest BCUT2D eigenvalue weighted by atomic mass is 16.6. The van der Waals surface area contributed by atoms with E-state index in [1.165, 1.54) is 6.92 Å². The van der Waals surface area contributed by atoms with Crippen LogP contribution in [0.2, 0.25) is 0 Å². The number of benzene rings is 1. The maximum atomic E-state index is 10.4. The fourth-order valence-electron chi connectivity index (χ4n) is 0.987. The van der Waals surface area contributed by atoms with E-state index in [1.807, 2.05) is 0 Å². The summed E-state index contributed by atoms with van der Waals surface area (Å²) < 4.78 is 0. The fourth-order valence-corrected chi connectivity index (χ4v) is 0.987. The van der Waals surface area contributed by atoms with Crippen molar-refractivity contribution in [2.24, 2.45) is 0 Å². The Morgan fingerprint density at radius 2 is 1.73 bits per heavy atom. The van der Waals surface area contributed by atoms with Gasteiger partial charge in [-0.3, -0.25) is 20.2 Å². The molecule has 0 radical (unpaired) electrons. The average Bonchev–Trinajstić information content (AvgIpc) is 2.08. The summed E-state index contributed by atoms with van der Waals surface area (Å²) in [5.74, 6) is -0.541. The molecule has 0 saturated heterocycles. The average molecular weight is 216 g/mol. The van der Waals surface area contributed by atoms with Crippen molar-refractivity contribution in [2.45, 2.75) is 6.92 Å². The number of rotatable bonds is 2. The van der Waals surface area contributed by atoms with Gasteiger partial charge in [-0.25, -0.2) is 0 Å². The third-order valence-electron chi connectivity index (χ3n) is 1.67. The predicted molar refractivity (Wildman–Crippen MR) is 52.1 cm³/mol. The largest absolute Gasteiger partial charge is 0.502 e. The second-order valence-corrected chi connectivity index (χ2v) is 2.64. The van der Waals surface area contributed by atoms with E-state index in [2.05, 4.69) is 0 Å². The number of hydrogen-bond acceptors (Lipinski definition) is 5. The van der Waals surface area contributed by atoms with Crippen LogP contribution in [0.15, 0.2) is 12.1 Å². The number of aryl methyl sites for hydroxylation is 1. The number of nitrogens with zero attached hydrogens (tertiary/aromatic N) is 2. The van der Waals surface area contributed by atoms with E-state index >= 15 is 0 Å². The molecule has 0 unspecified atom stereocenters. The summed E-state index contributed by atoms with van der Waals surface area (Å²) in [6.07, 6.45) is 0. The van der Waals surface area contributed by atoms with Crippen molar-refractivity contribution in [3.63, 3.8) is 0 Å². The first kappa shape index (κ1) is 12.8. The summed E-state index contributed by atoms with van der Waals surface area (Å²) in [5.41, 5.74) is -0.963. The summed E-state index contributed by atoms with van der Waals surface area (Å²) in [7, 11) is 0. The molecule has 0 aliphatic heterocycles. The molecule has 0 fully saturated rings. The van der Waals surface area contributed by atoms with Crippen LogP contribution in [0.4, 0.5) is 11.4 Å². The molecule has 1 rings (SSSR count). The SMILES string of the molecule is Cc1cc([N+](=O)[O-])cc([N+](=O)[O-])c1O.[NH4+]. The highest BCUT2D eigenvalue weighted by Crippen LogP contribution is 2.33. The molecule has 0 aliphatic rings. The van der Waals surface area contributed by atoms with Crippen LogP contribution in [0.1, 0.15) is 5.56 Å². The number of phenols is 1. The molecule has 1 aromatic carbocycles. The monoisotopic (exact) mass is 216 g/mol. The molecule has 8 heteroatoms. The van der Waals surface area contributed by atoms with E-state index in [0.29, 0.717) is 0 Å². The van der Waals surface area contributed by atoms with Crippen molar-refractivity contribution in [1.82, 2.24) is 6.15 Å². The molecule has 8 nitrogen and oxygen atoms in total. The minimum atomic E-state index is -0.866. The number of quaternary nitrogens is 1. The van der Waals surface area contributed by atoms with Gasteiger partial charge in [0.15, 0.2) is 5.75 Å². The molecule has 0 aliphatic carbocycles. The van der Waals surface area contributed by atoms with Gasteiger partial charge in [-0.1, -0.05) is 0 Å². The number of non-ortho nitro benzene ring substituents is 1. The van der Waals surface area contributed by atoms with Crippen molar-refractivity contribution >= 4 is 11.4 Å². The first-order chi connectivity index (χ1) is 6.43. The highest BCUT2D eigenvalue weighted by Gasteiger charge is 2.21. The first-order valence-corrected chi connectivity index (χ1v) is 3.56. The van der Waals surface area contributed by atoms with Crippen LogP contribution in [0.25, 0.3) is 0 Å². The van der Waals surface area contributed by atoms with Crippen LogP contribution in [-0.4, -0.2) is 15.0 Å². The quantitative estimate of drug-likeness (QED) is 0.572. The minimum absolute atomic E-state index is 0. The normalized spacial score (nSPS) is 9.13. The van der Waals surface area contributed by atoms with E-state index in [9.17, 15) is 25.3 Å². The molecule has 1 aromatic rings.